The van der Waals surface area contributed by atoms with Gasteiger partial charge in [-0.15, -0.1) is 16.8 Å². The maximum absolute atomic E-state index is 12.5. The van der Waals surface area contributed by atoms with E-state index < -0.39 is 5.97 Å². The fourth-order valence-electron chi connectivity index (χ4n) is 3.06. The minimum atomic E-state index is -0.445. The molecule has 2 heterocycles. The first-order chi connectivity index (χ1) is 16.3. The highest BCUT2D eigenvalue weighted by Gasteiger charge is 2.21. The molecule has 0 radical (unpaired) electrons. The number of carbonyl (C=O) groups is 2. The number of esters is 1. The van der Waals surface area contributed by atoms with Gasteiger partial charge in [-0.25, -0.2) is 9.78 Å². The Balaban J connectivity index is 1.65. The summed E-state index contributed by atoms with van der Waals surface area (Å²) in [5.74, 6) is 0.793. The molecule has 1 amide bonds. The van der Waals surface area contributed by atoms with Crippen LogP contribution in [0.25, 0.3) is 0 Å². The van der Waals surface area contributed by atoms with Crippen molar-refractivity contribution in [3.8, 4) is 5.75 Å². The first-order valence-electron chi connectivity index (χ1n) is 10.7. The number of ether oxygens (including phenoxy) is 2. The molecule has 0 aliphatic rings. The molecular formula is C23H27N5O4S2. The predicted octanol–water partition coefficient (Wildman–Crippen LogP) is 4.58. The third-order valence-corrected chi connectivity index (χ3v) is 6.67. The molecule has 0 saturated heterocycles. The summed E-state index contributed by atoms with van der Waals surface area (Å²) in [6.45, 7) is 11.9. The SMILES string of the molecule is C=CCn1c(SCC(=O)Nc2nc(C)c(C(=O)OCC)s2)nnc1C(C)Oc1ccccc1C. The van der Waals surface area contributed by atoms with Crippen molar-refractivity contribution in [3.63, 3.8) is 0 Å². The Labute approximate surface area is 206 Å². The average molecular weight is 502 g/mol. The number of thioether (sulfide) groups is 1. The van der Waals surface area contributed by atoms with Crippen molar-refractivity contribution in [2.75, 3.05) is 17.7 Å². The summed E-state index contributed by atoms with van der Waals surface area (Å²) in [7, 11) is 0. The number of hydrogen-bond acceptors (Lipinski definition) is 9. The third kappa shape index (κ3) is 6.23. The van der Waals surface area contributed by atoms with Gasteiger partial charge in [0.1, 0.15) is 10.6 Å². The van der Waals surface area contributed by atoms with Crippen LogP contribution < -0.4 is 10.1 Å². The van der Waals surface area contributed by atoms with Gasteiger partial charge in [-0.05, 0) is 39.3 Å². The highest BCUT2D eigenvalue weighted by Crippen LogP contribution is 2.27. The van der Waals surface area contributed by atoms with Crippen molar-refractivity contribution in [1.29, 1.82) is 0 Å². The lowest BCUT2D eigenvalue weighted by Crippen LogP contribution is -2.15. The second-order valence-corrected chi connectivity index (χ2v) is 9.20. The van der Waals surface area contributed by atoms with Crippen LogP contribution in [0.2, 0.25) is 0 Å². The fourth-order valence-corrected chi connectivity index (χ4v) is 4.69. The molecule has 3 aromatic rings. The molecule has 0 saturated carbocycles. The van der Waals surface area contributed by atoms with Crippen LogP contribution in [0.3, 0.4) is 0 Å². The number of para-hydroxylation sites is 1. The van der Waals surface area contributed by atoms with Gasteiger partial charge in [0.05, 0.1) is 18.1 Å². The van der Waals surface area contributed by atoms with Gasteiger partial charge in [0.15, 0.2) is 22.2 Å². The molecule has 0 spiro atoms. The highest BCUT2D eigenvalue weighted by atomic mass is 32.2. The summed E-state index contributed by atoms with van der Waals surface area (Å²) in [4.78, 5) is 29.1. The normalized spacial score (nSPS) is 11.6. The number of aryl methyl sites for hydroxylation is 2. The van der Waals surface area contributed by atoms with Gasteiger partial charge in [-0.1, -0.05) is 47.4 Å². The van der Waals surface area contributed by atoms with E-state index in [0.717, 1.165) is 22.6 Å². The zero-order valence-corrected chi connectivity index (χ0v) is 21.2. The second kappa shape index (κ2) is 11.8. The molecular weight excluding hydrogens is 474 g/mol. The second-order valence-electron chi connectivity index (χ2n) is 7.26. The molecule has 180 valence electrons. The Morgan fingerprint density at radius 1 is 1.29 bits per heavy atom. The van der Waals surface area contributed by atoms with Crippen molar-refractivity contribution in [3.05, 3.63) is 58.9 Å². The summed E-state index contributed by atoms with van der Waals surface area (Å²) in [5, 5.41) is 12.2. The third-order valence-electron chi connectivity index (χ3n) is 4.65. The number of amides is 1. The van der Waals surface area contributed by atoms with Crippen molar-refractivity contribution < 1.29 is 19.1 Å². The van der Waals surface area contributed by atoms with E-state index >= 15 is 0 Å². The number of thiazole rings is 1. The van der Waals surface area contributed by atoms with Crippen LogP contribution in [0.1, 0.15) is 46.7 Å². The van der Waals surface area contributed by atoms with E-state index in [9.17, 15) is 9.59 Å². The lowest BCUT2D eigenvalue weighted by Gasteiger charge is -2.17. The minimum Gasteiger partial charge on any atom is -0.482 e. The number of rotatable bonds is 11. The van der Waals surface area contributed by atoms with Gasteiger partial charge >= 0.3 is 5.97 Å². The number of carbonyl (C=O) groups excluding carboxylic acids is 2. The number of anilines is 1. The molecule has 1 aromatic carbocycles. The molecule has 1 atom stereocenters. The van der Waals surface area contributed by atoms with Crippen LogP contribution in [0.5, 0.6) is 5.75 Å². The first kappa shape index (κ1) is 25.4. The summed E-state index contributed by atoms with van der Waals surface area (Å²) in [6, 6.07) is 7.77. The lowest BCUT2D eigenvalue weighted by atomic mass is 10.2. The Bertz CT molecular complexity index is 1170. The Morgan fingerprint density at radius 2 is 2.06 bits per heavy atom. The molecule has 9 nitrogen and oxygen atoms in total. The molecule has 11 heteroatoms. The maximum atomic E-state index is 12.5. The van der Waals surface area contributed by atoms with Crippen LogP contribution in [-0.2, 0) is 16.1 Å². The van der Waals surface area contributed by atoms with E-state index in [1.165, 1.54) is 11.8 Å². The maximum Gasteiger partial charge on any atom is 0.350 e. The summed E-state index contributed by atoms with van der Waals surface area (Å²) in [6.07, 6.45) is 1.39. The fraction of sp³-hybridized carbons (Fsp3) is 0.348. The van der Waals surface area contributed by atoms with Crippen molar-refractivity contribution in [2.45, 2.75) is 45.5 Å². The lowest BCUT2D eigenvalue weighted by molar-refractivity contribution is -0.113. The molecule has 2 aromatic heterocycles. The molecule has 0 aliphatic carbocycles. The monoisotopic (exact) mass is 501 g/mol. The largest absolute Gasteiger partial charge is 0.482 e. The smallest absolute Gasteiger partial charge is 0.350 e. The van der Waals surface area contributed by atoms with Gasteiger partial charge in [0, 0.05) is 6.54 Å². The van der Waals surface area contributed by atoms with E-state index in [4.69, 9.17) is 9.47 Å². The topological polar surface area (TPSA) is 108 Å². The van der Waals surface area contributed by atoms with Crippen molar-refractivity contribution in [2.24, 2.45) is 0 Å². The number of benzene rings is 1. The van der Waals surface area contributed by atoms with E-state index in [2.05, 4.69) is 27.1 Å². The highest BCUT2D eigenvalue weighted by molar-refractivity contribution is 7.99. The van der Waals surface area contributed by atoms with Crippen LogP contribution in [0, 0.1) is 13.8 Å². The Kier molecular flexibility index (Phi) is 8.83. The summed E-state index contributed by atoms with van der Waals surface area (Å²) < 4.78 is 13.0. The standard InChI is InChI=1S/C23H27N5O4S2/c1-6-12-28-20(16(5)32-17-11-9-8-10-14(17)3)26-27-23(28)33-13-18(29)25-22-24-15(4)19(34-22)21(30)31-7-2/h6,8-11,16H,1,7,12-13H2,2-5H3,(H,24,25,29). The van der Waals surface area contributed by atoms with Gasteiger partial charge < -0.3 is 14.8 Å². The van der Waals surface area contributed by atoms with Crippen LogP contribution in [-0.4, -0.2) is 44.0 Å². The van der Waals surface area contributed by atoms with Gasteiger partial charge in [0.25, 0.3) is 0 Å². The Morgan fingerprint density at radius 3 is 2.76 bits per heavy atom. The molecule has 0 aliphatic heterocycles. The van der Waals surface area contributed by atoms with Crippen LogP contribution in [0.15, 0.2) is 42.1 Å². The zero-order valence-electron chi connectivity index (χ0n) is 19.5. The van der Waals surface area contributed by atoms with Gasteiger partial charge in [-0.3, -0.25) is 9.36 Å². The predicted molar refractivity (Wildman–Crippen MR) is 133 cm³/mol. The minimum absolute atomic E-state index is 0.0929. The quantitative estimate of drug-likeness (QED) is 0.231. The molecule has 1 N–H and O–H groups in total. The molecule has 0 fully saturated rings. The number of aromatic nitrogens is 4. The van der Waals surface area contributed by atoms with Gasteiger partial charge in [-0.2, -0.15) is 0 Å². The Hall–Kier alpha value is -3.18. The van der Waals surface area contributed by atoms with Crippen LogP contribution >= 0.6 is 23.1 Å². The van der Waals surface area contributed by atoms with Gasteiger partial charge in [0.2, 0.25) is 5.91 Å². The summed E-state index contributed by atoms with van der Waals surface area (Å²) in [5.41, 5.74) is 1.54. The zero-order chi connectivity index (χ0) is 24.7. The number of nitrogens with zero attached hydrogens (tertiary/aromatic N) is 4. The average Bonchev–Trinajstić information content (AvgIpc) is 3.37. The van der Waals surface area contributed by atoms with E-state index in [0.29, 0.717) is 33.2 Å². The molecule has 34 heavy (non-hydrogen) atoms. The number of hydrogen-bond donors (Lipinski definition) is 1. The first-order valence-corrected chi connectivity index (χ1v) is 12.5. The molecule has 1 unspecified atom stereocenters. The number of nitrogens with one attached hydrogen (secondary N) is 1. The van der Waals surface area contributed by atoms with E-state index in [1.807, 2.05) is 42.7 Å². The van der Waals surface area contributed by atoms with Crippen LogP contribution in [0.4, 0.5) is 5.13 Å². The molecule has 3 rings (SSSR count). The molecule has 0 bridgehead atoms. The van der Waals surface area contributed by atoms with E-state index in [1.54, 1.807) is 19.9 Å². The van der Waals surface area contributed by atoms with Crippen molar-refractivity contribution >= 4 is 40.1 Å². The van der Waals surface area contributed by atoms with E-state index in [-0.39, 0.29) is 24.4 Å². The van der Waals surface area contributed by atoms with Crippen molar-refractivity contribution in [1.82, 2.24) is 19.7 Å². The number of allylic oxidation sites excluding steroid dienone is 1. The summed E-state index contributed by atoms with van der Waals surface area (Å²) >= 11 is 2.34.